The second kappa shape index (κ2) is 3.37. The third-order valence-electron chi connectivity index (χ3n) is 3.12. The van der Waals surface area contributed by atoms with Crippen LogP contribution in [0.4, 0.5) is 0 Å². The van der Waals surface area contributed by atoms with E-state index in [2.05, 4.69) is 5.10 Å². The first-order chi connectivity index (χ1) is 6.63. The highest BCUT2D eigenvalue weighted by Crippen LogP contribution is 2.39. The molecule has 1 heterocycles. The van der Waals surface area contributed by atoms with Gasteiger partial charge in [0, 0.05) is 13.2 Å². The van der Waals surface area contributed by atoms with Crippen molar-refractivity contribution >= 4 is 0 Å². The molecule has 1 aliphatic rings. The molecule has 0 aromatic carbocycles. The Morgan fingerprint density at radius 3 is 2.64 bits per heavy atom. The van der Waals surface area contributed by atoms with Crippen molar-refractivity contribution in [2.24, 2.45) is 7.05 Å². The molecule has 1 aromatic rings. The number of hydrogen-bond acceptors (Lipinski definition) is 3. The van der Waals surface area contributed by atoms with Crippen molar-refractivity contribution < 1.29 is 10.2 Å². The molecule has 0 bridgehead atoms. The van der Waals surface area contributed by atoms with Gasteiger partial charge in [-0.25, -0.2) is 0 Å². The van der Waals surface area contributed by atoms with Crippen LogP contribution in [0, 0.1) is 0 Å². The van der Waals surface area contributed by atoms with Gasteiger partial charge >= 0.3 is 0 Å². The minimum atomic E-state index is -0.937. The molecule has 2 N–H and O–H groups in total. The Hall–Kier alpha value is -0.870. The fraction of sp³-hybridized carbons (Fsp3) is 0.700. The van der Waals surface area contributed by atoms with E-state index in [1.807, 2.05) is 0 Å². The lowest BCUT2D eigenvalue weighted by molar-refractivity contribution is -0.0753. The van der Waals surface area contributed by atoms with Gasteiger partial charge in [0.25, 0.3) is 0 Å². The molecule has 1 fully saturated rings. The number of aliphatic hydroxyl groups is 2. The molecule has 4 nitrogen and oxygen atoms in total. The van der Waals surface area contributed by atoms with Crippen molar-refractivity contribution in [2.45, 2.75) is 37.4 Å². The summed E-state index contributed by atoms with van der Waals surface area (Å²) in [5.74, 6) is 0. The maximum absolute atomic E-state index is 10.2. The van der Waals surface area contributed by atoms with E-state index in [-0.39, 0.29) is 0 Å². The Morgan fingerprint density at radius 1 is 1.50 bits per heavy atom. The molecule has 1 saturated carbocycles. The van der Waals surface area contributed by atoms with Crippen LogP contribution in [0.5, 0.6) is 0 Å². The molecule has 0 radical (unpaired) electrons. The summed E-state index contributed by atoms with van der Waals surface area (Å²) in [6.07, 6.45) is 4.17. The predicted molar refractivity (Wildman–Crippen MR) is 51.6 cm³/mol. The summed E-state index contributed by atoms with van der Waals surface area (Å²) < 4.78 is 1.61. The SMILES string of the molecule is Cn1nccc1C(O)C1(O)CCCC1. The summed E-state index contributed by atoms with van der Waals surface area (Å²) in [5, 5.41) is 24.2. The van der Waals surface area contributed by atoms with E-state index >= 15 is 0 Å². The van der Waals surface area contributed by atoms with Crippen LogP contribution in [-0.2, 0) is 7.05 Å². The zero-order valence-corrected chi connectivity index (χ0v) is 8.35. The average Bonchev–Trinajstić information content (AvgIpc) is 2.74. The normalized spacial score (nSPS) is 22.5. The first kappa shape index (κ1) is 9.68. The van der Waals surface area contributed by atoms with Crippen molar-refractivity contribution in [3.05, 3.63) is 18.0 Å². The first-order valence-corrected chi connectivity index (χ1v) is 5.02. The van der Waals surface area contributed by atoms with Crippen LogP contribution in [0.2, 0.25) is 0 Å². The Bertz CT molecular complexity index is 316. The molecular weight excluding hydrogens is 180 g/mol. The Labute approximate surface area is 83.2 Å². The van der Waals surface area contributed by atoms with Crippen LogP contribution in [-0.4, -0.2) is 25.6 Å². The molecule has 0 aliphatic heterocycles. The summed E-state index contributed by atoms with van der Waals surface area (Å²) in [6.45, 7) is 0. The molecular formula is C10H16N2O2. The van der Waals surface area contributed by atoms with Crippen LogP contribution in [0.1, 0.15) is 37.5 Å². The molecule has 1 unspecified atom stereocenters. The lowest BCUT2D eigenvalue weighted by Crippen LogP contribution is -2.34. The van der Waals surface area contributed by atoms with Crippen LogP contribution < -0.4 is 0 Å². The fourth-order valence-electron chi connectivity index (χ4n) is 2.19. The van der Waals surface area contributed by atoms with Crippen LogP contribution in [0.3, 0.4) is 0 Å². The summed E-state index contributed by atoms with van der Waals surface area (Å²) in [7, 11) is 1.77. The van der Waals surface area contributed by atoms with Gasteiger partial charge in [-0.2, -0.15) is 5.10 Å². The predicted octanol–water partition coefficient (Wildman–Crippen LogP) is 0.759. The van der Waals surface area contributed by atoms with E-state index in [0.29, 0.717) is 18.5 Å². The molecule has 78 valence electrons. The van der Waals surface area contributed by atoms with Crippen molar-refractivity contribution in [2.75, 3.05) is 0 Å². The monoisotopic (exact) mass is 196 g/mol. The lowest BCUT2D eigenvalue weighted by Gasteiger charge is -2.28. The zero-order valence-electron chi connectivity index (χ0n) is 8.35. The van der Waals surface area contributed by atoms with E-state index in [1.54, 1.807) is 24.0 Å². The number of aryl methyl sites for hydroxylation is 1. The highest BCUT2D eigenvalue weighted by atomic mass is 16.3. The minimum absolute atomic E-state index is 0.680. The first-order valence-electron chi connectivity index (χ1n) is 5.02. The molecule has 1 aliphatic carbocycles. The third-order valence-corrected chi connectivity index (χ3v) is 3.12. The van der Waals surface area contributed by atoms with E-state index in [9.17, 15) is 10.2 Å². The average molecular weight is 196 g/mol. The highest BCUT2D eigenvalue weighted by molar-refractivity contribution is 5.10. The summed E-state index contributed by atoms with van der Waals surface area (Å²) in [6, 6.07) is 1.75. The quantitative estimate of drug-likeness (QED) is 0.734. The molecule has 1 atom stereocenters. The van der Waals surface area contributed by atoms with E-state index in [4.69, 9.17) is 0 Å². The summed E-state index contributed by atoms with van der Waals surface area (Å²) in [5.41, 5.74) is -0.247. The topological polar surface area (TPSA) is 58.3 Å². The van der Waals surface area contributed by atoms with Crippen LogP contribution >= 0.6 is 0 Å². The second-order valence-electron chi connectivity index (χ2n) is 4.09. The van der Waals surface area contributed by atoms with E-state index in [1.165, 1.54) is 0 Å². The number of nitrogens with zero attached hydrogens (tertiary/aromatic N) is 2. The lowest BCUT2D eigenvalue weighted by atomic mass is 9.92. The van der Waals surface area contributed by atoms with Gasteiger partial charge in [-0.3, -0.25) is 4.68 Å². The van der Waals surface area contributed by atoms with Crippen LogP contribution in [0.25, 0.3) is 0 Å². The molecule has 0 amide bonds. The van der Waals surface area contributed by atoms with E-state index < -0.39 is 11.7 Å². The molecule has 0 spiro atoms. The summed E-state index contributed by atoms with van der Waals surface area (Å²) >= 11 is 0. The Kier molecular flexibility index (Phi) is 2.33. The van der Waals surface area contributed by atoms with Gasteiger partial charge in [0.1, 0.15) is 6.10 Å². The third kappa shape index (κ3) is 1.44. The minimum Gasteiger partial charge on any atom is -0.387 e. The molecule has 14 heavy (non-hydrogen) atoms. The Balaban J connectivity index is 2.23. The van der Waals surface area contributed by atoms with Gasteiger partial charge in [-0.05, 0) is 18.9 Å². The van der Waals surface area contributed by atoms with Crippen molar-refractivity contribution in [1.29, 1.82) is 0 Å². The Morgan fingerprint density at radius 2 is 2.14 bits per heavy atom. The number of aliphatic hydroxyl groups excluding tert-OH is 1. The van der Waals surface area contributed by atoms with Crippen molar-refractivity contribution in [3.8, 4) is 0 Å². The van der Waals surface area contributed by atoms with Gasteiger partial charge in [0.05, 0.1) is 11.3 Å². The largest absolute Gasteiger partial charge is 0.387 e. The van der Waals surface area contributed by atoms with Crippen molar-refractivity contribution in [1.82, 2.24) is 9.78 Å². The number of aromatic nitrogens is 2. The molecule has 4 heteroatoms. The van der Waals surface area contributed by atoms with Gasteiger partial charge in [0.2, 0.25) is 0 Å². The molecule has 0 saturated heterocycles. The van der Waals surface area contributed by atoms with Crippen molar-refractivity contribution in [3.63, 3.8) is 0 Å². The maximum Gasteiger partial charge on any atom is 0.124 e. The van der Waals surface area contributed by atoms with Crippen LogP contribution in [0.15, 0.2) is 12.3 Å². The van der Waals surface area contributed by atoms with Gasteiger partial charge in [0.15, 0.2) is 0 Å². The number of rotatable bonds is 2. The maximum atomic E-state index is 10.2. The summed E-state index contributed by atoms with van der Waals surface area (Å²) in [4.78, 5) is 0. The second-order valence-corrected chi connectivity index (χ2v) is 4.09. The smallest absolute Gasteiger partial charge is 0.124 e. The number of hydrogen-bond donors (Lipinski definition) is 2. The van der Waals surface area contributed by atoms with E-state index in [0.717, 1.165) is 12.8 Å². The van der Waals surface area contributed by atoms with Gasteiger partial charge < -0.3 is 10.2 Å². The molecule has 2 rings (SSSR count). The van der Waals surface area contributed by atoms with Gasteiger partial charge in [-0.1, -0.05) is 12.8 Å². The zero-order chi connectivity index (χ0) is 10.2. The fourth-order valence-corrected chi connectivity index (χ4v) is 2.19. The highest BCUT2D eigenvalue weighted by Gasteiger charge is 2.40. The van der Waals surface area contributed by atoms with Gasteiger partial charge in [-0.15, -0.1) is 0 Å². The molecule has 1 aromatic heterocycles. The standard InChI is InChI=1S/C10H16N2O2/c1-12-8(4-7-11-12)9(13)10(14)5-2-3-6-10/h4,7,9,13-14H,2-3,5-6H2,1H3.